The minimum atomic E-state index is -0.690. The van der Waals surface area contributed by atoms with Gasteiger partial charge in [0.15, 0.2) is 5.78 Å². The first-order chi connectivity index (χ1) is 17.0. The number of carbonyl (C=O) groups excluding carboxylic acids is 1. The molecule has 1 aliphatic carbocycles. The highest BCUT2D eigenvalue weighted by molar-refractivity contribution is 6.30. The number of aryl methyl sites for hydroxylation is 1. The minimum absolute atomic E-state index is 0.0269. The number of ether oxygens (including phenoxy) is 1. The van der Waals surface area contributed by atoms with Gasteiger partial charge in [-0.1, -0.05) is 67.0 Å². The van der Waals surface area contributed by atoms with Crippen LogP contribution in [0.5, 0.6) is 0 Å². The molecule has 4 rings (SSSR count). The van der Waals surface area contributed by atoms with Crippen LogP contribution in [0.25, 0.3) is 21.9 Å². The number of fused-ring (bicyclic) bond motifs is 1. The molecule has 0 radical (unpaired) electrons. The molecule has 1 unspecified atom stereocenters. The van der Waals surface area contributed by atoms with Crippen LogP contribution in [0.2, 0.25) is 5.02 Å². The van der Waals surface area contributed by atoms with E-state index in [0.29, 0.717) is 5.02 Å². The lowest BCUT2D eigenvalue weighted by molar-refractivity contribution is -0.138. The van der Waals surface area contributed by atoms with Crippen LogP contribution >= 0.6 is 11.6 Å². The zero-order chi connectivity index (χ0) is 26.1. The van der Waals surface area contributed by atoms with E-state index in [1.165, 1.54) is 6.42 Å². The Kier molecular flexibility index (Phi) is 7.62. The average molecular weight is 502 g/mol. The SMILES string of the molecule is CC(=O)C(OC(C)(C)C)c1c(C)cc2ccc(C#CC3(N)CCCCC3)cc2c1-c1ccc(Cl)cc1. The van der Waals surface area contributed by atoms with E-state index in [1.807, 2.05) is 52.0 Å². The van der Waals surface area contributed by atoms with Crippen molar-refractivity contribution in [1.82, 2.24) is 0 Å². The average Bonchev–Trinajstić information content (AvgIpc) is 2.81. The van der Waals surface area contributed by atoms with Crippen LogP contribution in [0.3, 0.4) is 0 Å². The van der Waals surface area contributed by atoms with Crippen LogP contribution in [0, 0.1) is 18.8 Å². The van der Waals surface area contributed by atoms with Gasteiger partial charge in [0.25, 0.3) is 0 Å². The molecule has 1 atom stereocenters. The smallest absolute Gasteiger partial charge is 0.163 e. The molecule has 2 N–H and O–H groups in total. The molecule has 188 valence electrons. The van der Waals surface area contributed by atoms with Crippen LogP contribution in [-0.4, -0.2) is 16.9 Å². The first kappa shape index (κ1) is 26.4. The first-order valence-corrected chi connectivity index (χ1v) is 13.2. The standard InChI is InChI=1S/C32H36ClNO2/c1-21-19-25-10-9-23(15-18-32(34)16-7-6-8-17-32)20-27(25)29(24-11-13-26(33)14-12-24)28(21)30(22(2)35)36-31(3,4)5/h9-14,19-20,30H,6-8,16-17,34H2,1-5H3. The van der Waals surface area contributed by atoms with Crippen LogP contribution in [0.4, 0.5) is 0 Å². The number of benzene rings is 3. The maximum Gasteiger partial charge on any atom is 0.163 e. The lowest BCUT2D eigenvalue weighted by Crippen LogP contribution is -2.40. The Hall–Kier alpha value is -2.64. The summed E-state index contributed by atoms with van der Waals surface area (Å²) in [5.74, 6) is 6.71. The summed E-state index contributed by atoms with van der Waals surface area (Å²) in [7, 11) is 0. The second-order valence-electron chi connectivity index (χ2n) is 11.1. The molecule has 0 aliphatic heterocycles. The fraction of sp³-hybridized carbons (Fsp3) is 0.406. The van der Waals surface area contributed by atoms with Gasteiger partial charge in [-0.15, -0.1) is 0 Å². The number of hydrogen-bond acceptors (Lipinski definition) is 3. The fourth-order valence-corrected chi connectivity index (χ4v) is 5.22. The minimum Gasteiger partial charge on any atom is -0.360 e. The largest absolute Gasteiger partial charge is 0.360 e. The molecule has 3 nitrogen and oxygen atoms in total. The number of carbonyl (C=O) groups is 1. The van der Waals surface area contributed by atoms with E-state index in [1.54, 1.807) is 6.92 Å². The number of hydrogen-bond donors (Lipinski definition) is 1. The second kappa shape index (κ2) is 10.4. The Bertz CT molecular complexity index is 1330. The Morgan fingerprint density at radius 1 is 1.06 bits per heavy atom. The molecule has 1 fully saturated rings. The number of halogens is 1. The number of rotatable bonds is 4. The summed E-state index contributed by atoms with van der Waals surface area (Å²) in [6, 6.07) is 16.2. The van der Waals surface area contributed by atoms with Crippen molar-refractivity contribution < 1.29 is 9.53 Å². The molecule has 3 aromatic carbocycles. The van der Waals surface area contributed by atoms with Crippen LogP contribution in [-0.2, 0) is 9.53 Å². The highest BCUT2D eigenvalue weighted by atomic mass is 35.5. The maximum absolute atomic E-state index is 12.9. The van der Waals surface area contributed by atoms with E-state index in [0.717, 1.165) is 64.3 Å². The Balaban J connectivity index is 1.96. The van der Waals surface area contributed by atoms with Gasteiger partial charge in [0, 0.05) is 10.6 Å². The summed E-state index contributed by atoms with van der Waals surface area (Å²) in [4.78, 5) is 12.9. The first-order valence-electron chi connectivity index (χ1n) is 12.8. The number of ketones is 1. The molecule has 0 amide bonds. The zero-order valence-corrected chi connectivity index (χ0v) is 22.8. The van der Waals surface area contributed by atoms with Crippen molar-refractivity contribution in [3.05, 3.63) is 70.2 Å². The molecule has 4 heteroatoms. The summed E-state index contributed by atoms with van der Waals surface area (Å²) in [5.41, 5.74) is 10.5. The van der Waals surface area contributed by atoms with Crippen molar-refractivity contribution in [3.63, 3.8) is 0 Å². The lowest BCUT2D eigenvalue weighted by Gasteiger charge is -2.29. The van der Waals surface area contributed by atoms with Gasteiger partial charge in [-0.25, -0.2) is 0 Å². The monoisotopic (exact) mass is 501 g/mol. The van der Waals surface area contributed by atoms with Crippen LogP contribution in [0.15, 0.2) is 48.5 Å². The Labute approximate surface area is 220 Å². The van der Waals surface area contributed by atoms with Crippen molar-refractivity contribution in [2.24, 2.45) is 5.73 Å². The third-order valence-corrected chi connectivity index (χ3v) is 7.08. The van der Waals surface area contributed by atoms with Gasteiger partial charge in [0.2, 0.25) is 0 Å². The number of Topliss-reactive ketones (excluding diaryl/α,β-unsaturated/α-hetero) is 1. The molecular weight excluding hydrogens is 466 g/mol. The maximum atomic E-state index is 12.9. The van der Waals surface area contributed by atoms with Gasteiger partial charge in [0.05, 0.1) is 11.1 Å². The third kappa shape index (κ3) is 6.01. The highest BCUT2D eigenvalue weighted by Crippen LogP contribution is 2.41. The fourth-order valence-electron chi connectivity index (χ4n) is 5.10. The number of nitrogens with two attached hydrogens (primary N) is 1. The third-order valence-electron chi connectivity index (χ3n) is 6.83. The topological polar surface area (TPSA) is 52.3 Å². The van der Waals surface area contributed by atoms with Crippen molar-refractivity contribution in [3.8, 4) is 23.0 Å². The molecule has 1 saturated carbocycles. The molecule has 36 heavy (non-hydrogen) atoms. The zero-order valence-electron chi connectivity index (χ0n) is 22.0. The van der Waals surface area contributed by atoms with Crippen LogP contribution in [0.1, 0.15) is 82.6 Å². The Morgan fingerprint density at radius 3 is 2.33 bits per heavy atom. The van der Waals surface area contributed by atoms with Gasteiger partial charge >= 0.3 is 0 Å². The van der Waals surface area contributed by atoms with E-state index in [-0.39, 0.29) is 5.78 Å². The predicted molar refractivity (Wildman–Crippen MR) is 150 cm³/mol. The van der Waals surface area contributed by atoms with Crippen molar-refractivity contribution in [1.29, 1.82) is 0 Å². The molecule has 0 saturated heterocycles. The summed E-state index contributed by atoms with van der Waals surface area (Å²) in [6.45, 7) is 9.57. The van der Waals surface area contributed by atoms with Crippen molar-refractivity contribution >= 4 is 28.2 Å². The molecule has 0 heterocycles. The van der Waals surface area contributed by atoms with Crippen molar-refractivity contribution in [2.75, 3.05) is 0 Å². The van der Waals surface area contributed by atoms with Gasteiger partial charge < -0.3 is 10.5 Å². The van der Waals surface area contributed by atoms with Gasteiger partial charge in [-0.3, -0.25) is 4.79 Å². The van der Waals surface area contributed by atoms with E-state index < -0.39 is 17.2 Å². The molecule has 3 aromatic rings. The van der Waals surface area contributed by atoms with E-state index >= 15 is 0 Å². The summed E-state index contributed by atoms with van der Waals surface area (Å²) < 4.78 is 6.35. The molecular formula is C32H36ClNO2. The molecule has 0 bridgehead atoms. The Morgan fingerprint density at radius 2 is 1.72 bits per heavy atom. The van der Waals surface area contributed by atoms with Gasteiger partial charge in [0.1, 0.15) is 6.10 Å². The second-order valence-corrected chi connectivity index (χ2v) is 11.5. The molecule has 0 aromatic heterocycles. The van der Waals surface area contributed by atoms with E-state index in [2.05, 4.69) is 36.1 Å². The van der Waals surface area contributed by atoms with Gasteiger partial charge in [-0.05, 0) is 105 Å². The summed E-state index contributed by atoms with van der Waals surface area (Å²) in [5, 5.41) is 2.78. The molecule has 1 aliphatic rings. The van der Waals surface area contributed by atoms with Crippen molar-refractivity contribution in [2.45, 2.75) is 84.0 Å². The van der Waals surface area contributed by atoms with Crippen LogP contribution < -0.4 is 5.73 Å². The summed E-state index contributed by atoms with van der Waals surface area (Å²) >= 11 is 6.23. The quantitative estimate of drug-likeness (QED) is 0.369. The normalized spacial score (nSPS) is 16.3. The highest BCUT2D eigenvalue weighted by Gasteiger charge is 2.29. The van der Waals surface area contributed by atoms with E-state index in [4.69, 9.17) is 22.1 Å². The summed E-state index contributed by atoms with van der Waals surface area (Å²) in [6.07, 6.45) is 4.69. The van der Waals surface area contributed by atoms with E-state index in [9.17, 15) is 4.79 Å². The molecule has 0 spiro atoms. The lowest BCUT2D eigenvalue weighted by atomic mass is 9.83. The predicted octanol–water partition coefficient (Wildman–Crippen LogP) is 7.93. The van der Waals surface area contributed by atoms with Gasteiger partial charge in [-0.2, -0.15) is 0 Å².